The third kappa shape index (κ3) is 2.16. The molecule has 1 aliphatic rings. The lowest BCUT2D eigenvalue weighted by molar-refractivity contribution is 0.445. The Hall–Kier alpha value is -1.08. The molecule has 0 unspecified atom stereocenters. The van der Waals surface area contributed by atoms with Crippen molar-refractivity contribution in [3.05, 3.63) is 41.0 Å². The fourth-order valence-corrected chi connectivity index (χ4v) is 3.13. The van der Waals surface area contributed by atoms with Gasteiger partial charge in [-0.05, 0) is 36.5 Å². The summed E-state index contributed by atoms with van der Waals surface area (Å²) in [5.74, 6) is 0.675. The second-order valence-electron chi connectivity index (χ2n) is 4.89. The molecule has 0 saturated heterocycles. The summed E-state index contributed by atoms with van der Waals surface area (Å²) in [5, 5.41) is 1.91. The Bertz CT molecular complexity index is 529. The van der Waals surface area contributed by atoms with E-state index in [2.05, 4.69) is 23.2 Å². The summed E-state index contributed by atoms with van der Waals surface area (Å²) in [7, 11) is 0. The molecule has 1 nitrogen and oxygen atoms in total. The molecule has 1 aromatic carbocycles. The molecule has 0 aliphatic heterocycles. The van der Waals surface area contributed by atoms with Crippen molar-refractivity contribution in [2.45, 2.75) is 38.0 Å². The SMILES string of the molecule is Clc1cc(C2CCCCC2)c2ccccc2n1. The van der Waals surface area contributed by atoms with Crippen LogP contribution in [0.2, 0.25) is 5.15 Å². The Labute approximate surface area is 107 Å². The van der Waals surface area contributed by atoms with Gasteiger partial charge < -0.3 is 0 Å². The molecule has 88 valence electrons. The van der Waals surface area contributed by atoms with Crippen LogP contribution in [0.5, 0.6) is 0 Å². The van der Waals surface area contributed by atoms with Gasteiger partial charge in [0.25, 0.3) is 0 Å². The monoisotopic (exact) mass is 245 g/mol. The van der Waals surface area contributed by atoms with E-state index in [9.17, 15) is 0 Å². The lowest BCUT2D eigenvalue weighted by atomic mass is 9.83. The minimum atomic E-state index is 0.629. The molecule has 1 aromatic heterocycles. The zero-order valence-corrected chi connectivity index (χ0v) is 10.6. The van der Waals surface area contributed by atoms with E-state index >= 15 is 0 Å². The maximum atomic E-state index is 6.13. The van der Waals surface area contributed by atoms with Crippen LogP contribution in [0.15, 0.2) is 30.3 Å². The highest BCUT2D eigenvalue weighted by Crippen LogP contribution is 2.36. The molecule has 2 heteroatoms. The number of halogens is 1. The van der Waals surface area contributed by atoms with Crippen molar-refractivity contribution in [1.29, 1.82) is 0 Å². The second-order valence-corrected chi connectivity index (χ2v) is 5.27. The van der Waals surface area contributed by atoms with Crippen LogP contribution in [0.3, 0.4) is 0 Å². The van der Waals surface area contributed by atoms with E-state index in [0.717, 1.165) is 5.52 Å². The summed E-state index contributed by atoms with van der Waals surface area (Å²) < 4.78 is 0. The first-order chi connectivity index (χ1) is 8.34. The van der Waals surface area contributed by atoms with Crippen LogP contribution in [-0.4, -0.2) is 4.98 Å². The van der Waals surface area contributed by atoms with Gasteiger partial charge in [0.2, 0.25) is 0 Å². The molecule has 0 bridgehead atoms. The summed E-state index contributed by atoms with van der Waals surface area (Å²) in [4.78, 5) is 4.40. The molecule has 0 radical (unpaired) electrons. The van der Waals surface area contributed by atoms with Crippen molar-refractivity contribution in [2.24, 2.45) is 0 Å². The van der Waals surface area contributed by atoms with Crippen molar-refractivity contribution in [3.8, 4) is 0 Å². The molecule has 0 amide bonds. The van der Waals surface area contributed by atoms with E-state index in [1.807, 2.05) is 12.1 Å². The van der Waals surface area contributed by atoms with Gasteiger partial charge in [-0.1, -0.05) is 49.1 Å². The lowest BCUT2D eigenvalue weighted by Crippen LogP contribution is -2.05. The molecule has 1 heterocycles. The highest BCUT2D eigenvalue weighted by Gasteiger charge is 2.18. The van der Waals surface area contributed by atoms with Gasteiger partial charge in [0.15, 0.2) is 0 Å². The normalized spacial score (nSPS) is 17.5. The topological polar surface area (TPSA) is 12.9 Å². The van der Waals surface area contributed by atoms with Gasteiger partial charge in [0.1, 0.15) is 5.15 Å². The Balaban J connectivity index is 2.13. The number of benzene rings is 1. The first-order valence-corrected chi connectivity index (χ1v) is 6.77. The smallest absolute Gasteiger partial charge is 0.130 e. The fraction of sp³-hybridized carbons (Fsp3) is 0.400. The Morgan fingerprint density at radius 3 is 2.65 bits per heavy atom. The maximum Gasteiger partial charge on any atom is 0.130 e. The number of hydrogen-bond donors (Lipinski definition) is 0. The molecule has 0 N–H and O–H groups in total. The molecule has 1 saturated carbocycles. The summed E-state index contributed by atoms with van der Waals surface area (Å²) >= 11 is 6.13. The molecule has 1 aliphatic carbocycles. The predicted molar refractivity (Wildman–Crippen MR) is 72.6 cm³/mol. The van der Waals surface area contributed by atoms with Gasteiger partial charge in [-0.3, -0.25) is 0 Å². The summed E-state index contributed by atoms with van der Waals surface area (Å²) in [5.41, 5.74) is 2.43. The molecular formula is C15H16ClN. The van der Waals surface area contributed by atoms with Crippen molar-refractivity contribution in [1.82, 2.24) is 4.98 Å². The van der Waals surface area contributed by atoms with Gasteiger partial charge in [-0.2, -0.15) is 0 Å². The van der Waals surface area contributed by atoms with Gasteiger partial charge in [0.05, 0.1) is 5.52 Å². The first-order valence-electron chi connectivity index (χ1n) is 6.40. The zero-order valence-electron chi connectivity index (χ0n) is 9.82. The summed E-state index contributed by atoms with van der Waals surface area (Å²) in [6, 6.07) is 10.4. The van der Waals surface area contributed by atoms with Crippen LogP contribution >= 0.6 is 11.6 Å². The predicted octanol–water partition coefficient (Wildman–Crippen LogP) is 4.94. The largest absolute Gasteiger partial charge is 0.236 e. The van der Waals surface area contributed by atoms with Crippen molar-refractivity contribution in [2.75, 3.05) is 0 Å². The Morgan fingerprint density at radius 1 is 1.06 bits per heavy atom. The average Bonchev–Trinajstić information content (AvgIpc) is 2.39. The fourth-order valence-electron chi connectivity index (χ4n) is 2.92. The standard InChI is InChI=1S/C15H16ClN/c16-15-10-13(11-6-2-1-3-7-11)12-8-4-5-9-14(12)17-15/h4-5,8-11H,1-3,6-7H2. The second kappa shape index (κ2) is 4.66. The van der Waals surface area contributed by atoms with E-state index in [-0.39, 0.29) is 0 Å². The maximum absolute atomic E-state index is 6.13. The highest BCUT2D eigenvalue weighted by atomic mass is 35.5. The van der Waals surface area contributed by atoms with Gasteiger partial charge >= 0.3 is 0 Å². The lowest BCUT2D eigenvalue weighted by Gasteiger charge is -2.23. The Morgan fingerprint density at radius 2 is 1.82 bits per heavy atom. The molecule has 0 atom stereocenters. The van der Waals surface area contributed by atoms with Crippen LogP contribution in [0, 0.1) is 0 Å². The quantitative estimate of drug-likeness (QED) is 0.649. The van der Waals surface area contributed by atoms with Crippen LogP contribution in [-0.2, 0) is 0 Å². The Kier molecular flexibility index (Phi) is 3.02. The van der Waals surface area contributed by atoms with E-state index in [1.165, 1.54) is 43.1 Å². The minimum absolute atomic E-state index is 0.629. The van der Waals surface area contributed by atoms with E-state index < -0.39 is 0 Å². The highest BCUT2D eigenvalue weighted by molar-refractivity contribution is 6.29. The number of fused-ring (bicyclic) bond motifs is 1. The van der Waals surface area contributed by atoms with Crippen molar-refractivity contribution in [3.63, 3.8) is 0 Å². The minimum Gasteiger partial charge on any atom is -0.236 e. The summed E-state index contributed by atoms with van der Waals surface area (Å²) in [6.45, 7) is 0. The van der Waals surface area contributed by atoms with Crippen molar-refractivity contribution >= 4 is 22.5 Å². The molecule has 0 spiro atoms. The number of pyridine rings is 1. The van der Waals surface area contributed by atoms with E-state index in [0.29, 0.717) is 11.1 Å². The third-order valence-electron chi connectivity index (χ3n) is 3.76. The molecule has 1 fully saturated rings. The van der Waals surface area contributed by atoms with Crippen LogP contribution in [0.25, 0.3) is 10.9 Å². The molecular weight excluding hydrogens is 230 g/mol. The molecule has 3 rings (SSSR count). The number of aromatic nitrogens is 1. The first kappa shape index (κ1) is 11.0. The average molecular weight is 246 g/mol. The third-order valence-corrected chi connectivity index (χ3v) is 3.96. The van der Waals surface area contributed by atoms with Gasteiger partial charge in [0, 0.05) is 5.39 Å². The van der Waals surface area contributed by atoms with Crippen LogP contribution in [0.4, 0.5) is 0 Å². The van der Waals surface area contributed by atoms with E-state index in [4.69, 9.17) is 11.6 Å². The molecule has 17 heavy (non-hydrogen) atoms. The van der Waals surface area contributed by atoms with Crippen LogP contribution < -0.4 is 0 Å². The van der Waals surface area contributed by atoms with Gasteiger partial charge in [-0.15, -0.1) is 0 Å². The summed E-state index contributed by atoms with van der Waals surface area (Å²) in [6.07, 6.45) is 6.67. The number of rotatable bonds is 1. The molecule has 2 aromatic rings. The number of nitrogens with zero attached hydrogens (tertiary/aromatic N) is 1. The van der Waals surface area contributed by atoms with Crippen molar-refractivity contribution < 1.29 is 0 Å². The number of para-hydroxylation sites is 1. The van der Waals surface area contributed by atoms with E-state index in [1.54, 1.807) is 0 Å². The number of hydrogen-bond acceptors (Lipinski definition) is 1. The zero-order chi connectivity index (χ0) is 11.7. The van der Waals surface area contributed by atoms with Crippen LogP contribution in [0.1, 0.15) is 43.6 Å². The van der Waals surface area contributed by atoms with Gasteiger partial charge in [-0.25, -0.2) is 4.98 Å².